The number of likely N-dealkylation sites (tertiary alicyclic amines) is 1. The fraction of sp³-hybridized carbons (Fsp3) is 0.346. The third kappa shape index (κ3) is 4.23. The monoisotopic (exact) mass is 429 g/mol. The minimum absolute atomic E-state index is 0.0603. The third-order valence-electron chi connectivity index (χ3n) is 6.21. The first kappa shape index (κ1) is 20.6. The molecular weight excluding hydrogens is 402 g/mol. The van der Waals surface area contributed by atoms with Crippen molar-refractivity contribution in [3.63, 3.8) is 0 Å². The summed E-state index contributed by atoms with van der Waals surface area (Å²) < 4.78 is 11.5. The minimum atomic E-state index is 0.0603. The van der Waals surface area contributed by atoms with Crippen molar-refractivity contribution in [1.82, 2.24) is 14.9 Å². The molecule has 3 aromatic rings. The van der Waals surface area contributed by atoms with Crippen LogP contribution in [0.4, 0.5) is 0 Å². The Morgan fingerprint density at radius 1 is 1.03 bits per heavy atom. The number of ketones is 1. The Labute approximate surface area is 188 Å². The molecule has 2 aliphatic rings. The van der Waals surface area contributed by atoms with Gasteiger partial charge < -0.3 is 9.47 Å². The molecule has 1 saturated heterocycles. The summed E-state index contributed by atoms with van der Waals surface area (Å²) in [6.07, 6.45) is 6.03. The average molecular weight is 430 g/mol. The number of fused-ring (bicyclic) bond motifs is 1. The number of hydrogen-bond donors (Lipinski definition) is 0. The average Bonchev–Trinajstić information content (AvgIpc) is 3.32. The summed E-state index contributed by atoms with van der Waals surface area (Å²) in [7, 11) is 0. The van der Waals surface area contributed by atoms with Crippen LogP contribution in [0.2, 0.25) is 0 Å². The van der Waals surface area contributed by atoms with E-state index in [0.29, 0.717) is 37.1 Å². The normalized spacial score (nSPS) is 18.0. The van der Waals surface area contributed by atoms with Gasteiger partial charge >= 0.3 is 0 Å². The van der Waals surface area contributed by atoms with Crippen LogP contribution in [-0.2, 0) is 6.54 Å². The second kappa shape index (κ2) is 9.09. The number of rotatable bonds is 6. The van der Waals surface area contributed by atoms with Gasteiger partial charge in [-0.15, -0.1) is 0 Å². The Kier molecular flexibility index (Phi) is 5.86. The van der Waals surface area contributed by atoms with Crippen LogP contribution in [0.5, 0.6) is 11.5 Å². The SMILES string of the molecule is CCC(=O)c1cnc(-c2ccc(CN3CCCC3c3ccc4c(c3)OCCO4)cc2)nc1. The topological polar surface area (TPSA) is 64.6 Å². The van der Waals surface area contributed by atoms with E-state index in [2.05, 4.69) is 51.3 Å². The van der Waals surface area contributed by atoms with Crippen molar-refractivity contribution < 1.29 is 14.3 Å². The zero-order chi connectivity index (χ0) is 21.9. The van der Waals surface area contributed by atoms with Crippen LogP contribution in [0.1, 0.15) is 53.7 Å². The summed E-state index contributed by atoms with van der Waals surface area (Å²) in [6.45, 7) is 5.04. The number of nitrogens with zero attached hydrogens (tertiary/aromatic N) is 3. The highest BCUT2D eigenvalue weighted by atomic mass is 16.6. The number of ether oxygens (including phenoxy) is 2. The first-order valence-corrected chi connectivity index (χ1v) is 11.3. The van der Waals surface area contributed by atoms with E-state index < -0.39 is 0 Å². The molecule has 0 bridgehead atoms. The molecule has 0 amide bonds. The number of Topliss-reactive ketones (excluding diaryl/α,β-unsaturated/α-hetero) is 1. The Bertz CT molecular complexity index is 1100. The molecule has 1 aromatic heterocycles. The molecule has 164 valence electrons. The molecule has 0 aliphatic carbocycles. The molecule has 0 spiro atoms. The van der Waals surface area contributed by atoms with Gasteiger partial charge in [-0.1, -0.05) is 37.3 Å². The molecule has 1 fully saturated rings. The van der Waals surface area contributed by atoms with E-state index in [-0.39, 0.29) is 5.78 Å². The lowest BCUT2D eigenvalue weighted by atomic mass is 10.0. The molecule has 3 heterocycles. The maximum Gasteiger partial charge on any atom is 0.165 e. The smallest absolute Gasteiger partial charge is 0.165 e. The van der Waals surface area contributed by atoms with Gasteiger partial charge in [0.1, 0.15) is 13.2 Å². The molecule has 6 nitrogen and oxygen atoms in total. The van der Waals surface area contributed by atoms with Crippen molar-refractivity contribution in [3.05, 3.63) is 71.5 Å². The predicted octanol–water partition coefficient (Wildman–Crippen LogP) is 4.84. The second-order valence-corrected chi connectivity index (χ2v) is 8.30. The van der Waals surface area contributed by atoms with Crippen molar-refractivity contribution in [1.29, 1.82) is 0 Å². The molecule has 6 heteroatoms. The Morgan fingerprint density at radius 2 is 1.78 bits per heavy atom. The number of hydrogen-bond acceptors (Lipinski definition) is 6. The molecule has 1 unspecified atom stereocenters. The third-order valence-corrected chi connectivity index (χ3v) is 6.21. The lowest BCUT2D eigenvalue weighted by Gasteiger charge is -2.26. The van der Waals surface area contributed by atoms with Gasteiger partial charge in [0.25, 0.3) is 0 Å². The van der Waals surface area contributed by atoms with Crippen molar-refractivity contribution in [2.24, 2.45) is 0 Å². The van der Waals surface area contributed by atoms with Crippen LogP contribution in [0.25, 0.3) is 11.4 Å². The predicted molar refractivity (Wildman–Crippen MR) is 122 cm³/mol. The van der Waals surface area contributed by atoms with Crippen molar-refractivity contribution in [2.45, 2.75) is 38.8 Å². The summed E-state index contributed by atoms with van der Waals surface area (Å²) in [5.74, 6) is 2.40. The largest absolute Gasteiger partial charge is 0.486 e. The van der Waals surface area contributed by atoms with Crippen molar-refractivity contribution in [3.8, 4) is 22.9 Å². The Morgan fingerprint density at radius 3 is 2.53 bits per heavy atom. The lowest BCUT2D eigenvalue weighted by Crippen LogP contribution is -2.23. The van der Waals surface area contributed by atoms with E-state index in [1.807, 2.05) is 13.0 Å². The molecule has 2 aliphatic heterocycles. The van der Waals surface area contributed by atoms with Gasteiger partial charge in [-0.25, -0.2) is 9.97 Å². The summed E-state index contributed by atoms with van der Waals surface area (Å²) in [6, 6.07) is 15.1. The number of aromatic nitrogens is 2. The van der Waals surface area contributed by atoms with E-state index in [1.165, 1.54) is 17.5 Å². The van der Waals surface area contributed by atoms with Gasteiger partial charge in [0, 0.05) is 37.0 Å². The van der Waals surface area contributed by atoms with Crippen LogP contribution in [0.3, 0.4) is 0 Å². The fourth-order valence-corrected chi connectivity index (χ4v) is 4.48. The standard InChI is InChI=1S/C26H27N3O3/c1-2-23(30)21-15-27-26(28-16-21)19-7-5-18(6-8-19)17-29-11-3-4-22(29)20-9-10-24-25(14-20)32-13-12-31-24/h5-10,14-16,22H,2-4,11-13,17H2,1H3. The molecule has 32 heavy (non-hydrogen) atoms. The molecule has 2 aromatic carbocycles. The zero-order valence-corrected chi connectivity index (χ0v) is 18.3. The number of carbonyl (C=O) groups is 1. The molecular formula is C26H27N3O3. The van der Waals surface area contributed by atoms with Crippen molar-refractivity contribution in [2.75, 3.05) is 19.8 Å². The van der Waals surface area contributed by atoms with E-state index in [4.69, 9.17) is 9.47 Å². The van der Waals surface area contributed by atoms with Crippen molar-refractivity contribution >= 4 is 5.78 Å². The molecule has 1 atom stereocenters. The molecule has 0 radical (unpaired) electrons. The Balaban J connectivity index is 1.28. The molecule has 5 rings (SSSR count). The fourth-order valence-electron chi connectivity index (χ4n) is 4.48. The van der Waals surface area contributed by atoms with Gasteiger partial charge in [-0.2, -0.15) is 0 Å². The maximum absolute atomic E-state index is 11.8. The zero-order valence-electron chi connectivity index (χ0n) is 18.3. The first-order chi connectivity index (χ1) is 15.7. The Hall–Kier alpha value is -3.25. The van der Waals surface area contributed by atoms with Gasteiger partial charge in [0.05, 0.1) is 5.56 Å². The van der Waals surface area contributed by atoms with Crippen LogP contribution in [-0.4, -0.2) is 40.4 Å². The lowest BCUT2D eigenvalue weighted by molar-refractivity contribution is 0.0987. The first-order valence-electron chi connectivity index (χ1n) is 11.3. The quantitative estimate of drug-likeness (QED) is 0.522. The molecule has 0 N–H and O–H groups in total. The highest BCUT2D eigenvalue weighted by molar-refractivity contribution is 5.95. The highest BCUT2D eigenvalue weighted by Crippen LogP contribution is 2.38. The van der Waals surface area contributed by atoms with E-state index in [9.17, 15) is 4.79 Å². The van der Waals surface area contributed by atoms with Gasteiger partial charge in [0.2, 0.25) is 0 Å². The highest BCUT2D eigenvalue weighted by Gasteiger charge is 2.27. The van der Waals surface area contributed by atoms with Crippen LogP contribution in [0.15, 0.2) is 54.9 Å². The van der Waals surface area contributed by atoms with E-state index >= 15 is 0 Å². The summed E-state index contributed by atoms with van der Waals surface area (Å²) >= 11 is 0. The van der Waals surface area contributed by atoms with E-state index in [1.54, 1.807) is 12.4 Å². The second-order valence-electron chi connectivity index (χ2n) is 8.30. The maximum atomic E-state index is 11.8. The van der Waals surface area contributed by atoms with Gasteiger partial charge in [-0.3, -0.25) is 9.69 Å². The summed E-state index contributed by atoms with van der Waals surface area (Å²) in [5, 5.41) is 0. The minimum Gasteiger partial charge on any atom is -0.486 e. The van der Waals surface area contributed by atoms with Crippen LogP contribution >= 0.6 is 0 Å². The van der Waals surface area contributed by atoms with E-state index in [0.717, 1.165) is 36.6 Å². The van der Waals surface area contributed by atoms with Crippen LogP contribution < -0.4 is 9.47 Å². The molecule has 0 saturated carbocycles. The number of benzene rings is 2. The summed E-state index contributed by atoms with van der Waals surface area (Å²) in [4.78, 5) is 23.0. The van der Waals surface area contributed by atoms with Crippen LogP contribution in [0, 0.1) is 0 Å². The number of carbonyl (C=O) groups excluding carboxylic acids is 1. The van der Waals surface area contributed by atoms with Gasteiger partial charge in [0.15, 0.2) is 23.1 Å². The van der Waals surface area contributed by atoms with Gasteiger partial charge in [-0.05, 0) is 42.6 Å². The summed E-state index contributed by atoms with van der Waals surface area (Å²) in [5.41, 5.74) is 4.07.